The summed E-state index contributed by atoms with van der Waals surface area (Å²) >= 11 is 0. The van der Waals surface area contributed by atoms with Gasteiger partial charge in [0, 0.05) is 29.7 Å². The number of imidazole rings is 1. The number of halogens is 3. The Morgan fingerprint density at radius 1 is 1.38 bits per heavy atom. The van der Waals surface area contributed by atoms with Crippen LogP contribution in [-0.2, 0) is 13.1 Å². The molecule has 0 saturated heterocycles. The lowest BCUT2D eigenvalue weighted by molar-refractivity contribution is -0.389. The SMILES string of the molecule is O=[N+]([O-])c1cn2c(n1)OC[C@@H](NCc1ccc(OC(F)(F)F)cc1OC1CC1)C2. The maximum Gasteiger partial charge on any atom is 0.573 e. The van der Waals surface area contributed by atoms with E-state index >= 15 is 0 Å². The zero-order valence-corrected chi connectivity index (χ0v) is 15.0. The quantitative estimate of drug-likeness (QED) is 0.549. The van der Waals surface area contributed by atoms with Crippen LogP contribution in [0.25, 0.3) is 0 Å². The van der Waals surface area contributed by atoms with E-state index in [-0.39, 0.29) is 36.3 Å². The van der Waals surface area contributed by atoms with E-state index in [4.69, 9.17) is 9.47 Å². The van der Waals surface area contributed by atoms with E-state index in [1.807, 2.05) is 0 Å². The molecule has 9 nitrogen and oxygen atoms in total. The first-order chi connectivity index (χ1) is 13.8. The molecule has 0 bridgehead atoms. The van der Waals surface area contributed by atoms with Gasteiger partial charge in [-0.1, -0.05) is 6.07 Å². The van der Waals surface area contributed by atoms with E-state index in [0.717, 1.165) is 12.8 Å². The zero-order valence-electron chi connectivity index (χ0n) is 15.0. The Hall–Kier alpha value is -3.02. The number of hydrogen-bond donors (Lipinski definition) is 1. The Kier molecular flexibility index (Phi) is 4.94. The average molecular weight is 414 g/mol. The van der Waals surface area contributed by atoms with Crippen LogP contribution in [0.4, 0.5) is 19.0 Å². The second-order valence-electron chi connectivity index (χ2n) is 6.81. The molecule has 1 saturated carbocycles. The standard InChI is InChI=1S/C17H17F3N4O5/c18-17(19,20)29-13-2-1-10(14(5-13)28-12-3-4-12)6-21-11-7-23-8-15(24(25)26)22-16(23)27-9-11/h1-2,5,8,11-12,21H,3-4,6-7,9H2/t11-/m0/s1. The molecule has 12 heteroatoms. The number of nitrogens with zero attached hydrogens (tertiary/aromatic N) is 3. The molecule has 0 spiro atoms. The fourth-order valence-corrected chi connectivity index (χ4v) is 2.92. The van der Waals surface area contributed by atoms with E-state index in [1.54, 1.807) is 4.57 Å². The maximum absolute atomic E-state index is 12.5. The van der Waals surface area contributed by atoms with Crippen LogP contribution in [0.1, 0.15) is 18.4 Å². The third-order valence-corrected chi connectivity index (χ3v) is 4.42. The molecule has 0 unspecified atom stereocenters. The van der Waals surface area contributed by atoms with Gasteiger partial charge in [-0.05, 0) is 23.8 Å². The van der Waals surface area contributed by atoms with Gasteiger partial charge in [0.05, 0.1) is 12.1 Å². The highest BCUT2D eigenvalue weighted by Crippen LogP contribution is 2.34. The van der Waals surface area contributed by atoms with Gasteiger partial charge in [0.15, 0.2) is 0 Å². The molecule has 1 aliphatic carbocycles. The Labute approximate surface area is 162 Å². The molecule has 0 radical (unpaired) electrons. The smallest absolute Gasteiger partial charge is 0.490 e. The highest BCUT2D eigenvalue weighted by atomic mass is 19.4. The molecule has 156 valence electrons. The van der Waals surface area contributed by atoms with Crippen molar-refractivity contribution >= 4 is 5.82 Å². The van der Waals surface area contributed by atoms with Gasteiger partial charge in [0.1, 0.15) is 24.3 Å². The molecule has 1 atom stereocenters. The normalized spacial score (nSPS) is 18.7. The van der Waals surface area contributed by atoms with Crippen LogP contribution >= 0.6 is 0 Å². The minimum atomic E-state index is -4.78. The Morgan fingerprint density at radius 2 is 2.17 bits per heavy atom. The van der Waals surface area contributed by atoms with Crippen molar-refractivity contribution in [2.45, 2.75) is 44.4 Å². The number of ether oxygens (including phenoxy) is 3. The molecular weight excluding hydrogens is 397 g/mol. The van der Waals surface area contributed by atoms with Gasteiger partial charge in [-0.3, -0.25) is 4.57 Å². The number of benzene rings is 1. The van der Waals surface area contributed by atoms with Crippen molar-refractivity contribution in [2.75, 3.05) is 6.61 Å². The molecule has 4 rings (SSSR count). The number of fused-ring (bicyclic) bond motifs is 1. The van der Waals surface area contributed by atoms with Crippen molar-refractivity contribution < 1.29 is 32.3 Å². The van der Waals surface area contributed by atoms with Crippen LogP contribution in [0.15, 0.2) is 24.4 Å². The van der Waals surface area contributed by atoms with Gasteiger partial charge < -0.3 is 29.6 Å². The highest BCUT2D eigenvalue weighted by molar-refractivity contribution is 5.41. The van der Waals surface area contributed by atoms with Gasteiger partial charge in [-0.25, -0.2) is 0 Å². The van der Waals surface area contributed by atoms with Gasteiger partial charge in [0.2, 0.25) is 0 Å². The lowest BCUT2D eigenvalue weighted by Gasteiger charge is -2.23. The number of nitrogens with one attached hydrogen (secondary N) is 1. The maximum atomic E-state index is 12.5. The second-order valence-corrected chi connectivity index (χ2v) is 6.81. The lowest BCUT2D eigenvalue weighted by atomic mass is 10.1. The first kappa shape index (κ1) is 19.3. The van der Waals surface area contributed by atoms with Gasteiger partial charge in [0.25, 0.3) is 0 Å². The summed E-state index contributed by atoms with van der Waals surface area (Å²) in [5.74, 6) is -0.299. The van der Waals surface area contributed by atoms with E-state index in [9.17, 15) is 23.3 Å². The number of aromatic nitrogens is 2. The van der Waals surface area contributed by atoms with E-state index in [1.165, 1.54) is 24.4 Å². The Morgan fingerprint density at radius 3 is 2.86 bits per heavy atom. The second kappa shape index (κ2) is 7.43. The molecule has 1 N–H and O–H groups in total. The minimum Gasteiger partial charge on any atom is -0.490 e. The van der Waals surface area contributed by atoms with Gasteiger partial charge >= 0.3 is 18.2 Å². The minimum absolute atomic E-state index is 0.00181. The van der Waals surface area contributed by atoms with Crippen LogP contribution in [-0.4, -0.2) is 39.6 Å². The number of nitro groups is 1. The molecular formula is C17H17F3N4O5. The third kappa shape index (κ3) is 4.88. The summed E-state index contributed by atoms with van der Waals surface area (Å²) in [6.45, 7) is 0.973. The van der Waals surface area contributed by atoms with Crippen LogP contribution in [0.3, 0.4) is 0 Å². The number of hydrogen-bond acceptors (Lipinski definition) is 7. The molecule has 2 heterocycles. The number of rotatable bonds is 7. The van der Waals surface area contributed by atoms with Gasteiger partial charge in [-0.2, -0.15) is 0 Å². The summed E-state index contributed by atoms with van der Waals surface area (Å²) in [6, 6.07) is 4.00. The van der Waals surface area contributed by atoms with Crippen LogP contribution in [0.2, 0.25) is 0 Å². The van der Waals surface area contributed by atoms with Crippen molar-refractivity contribution in [1.29, 1.82) is 0 Å². The monoisotopic (exact) mass is 414 g/mol. The van der Waals surface area contributed by atoms with Crippen LogP contribution < -0.4 is 19.5 Å². The summed E-state index contributed by atoms with van der Waals surface area (Å²) in [7, 11) is 0. The lowest BCUT2D eigenvalue weighted by Crippen LogP contribution is -2.41. The summed E-state index contributed by atoms with van der Waals surface area (Å²) in [6.07, 6.45) is -1.76. The summed E-state index contributed by atoms with van der Waals surface area (Å²) in [4.78, 5) is 14.0. The third-order valence-electron chi connectivity index (χ3n) is 4.42. The predicted molar refractivity (Wildman–Crippen MR) is 91.8 cm³/mol. The zero-order chi connectivity index (χ0) is 20.6. The molecule has 1 aromatic carbocycles. The van der Waals surface area contributed by atoms with Crippen molar-refractivity contribution in [2.24, 2.45) is 0 Å². The molecule has 0 amide bonds. The molecule has 1 fully saturated rings. The fourth-order valence-electron chi connectivity index (χ4n) is 2.92. The number of alkyl halides is 3. The Bertz CT molecular complexity index is 913. The highest BCUT2D eigenvalue weighted by Gasteiger charge is 2.32. The fraction of sp³-hybridized carbons (Fsp3) is 0.471. The van der Waals surface area contributed by atoms with Gasteiger partial charge in [-0.15, -0.1) is 13.2 Å². The summed E-state index contributed by atoms with van der Waals surface area (Å²) < 4.78 is 54.1. The molecule has 2 aliphatic rings. The van der Waals surface area contributed by atoms with Crippen molar-refractivity contribution in [3.05, 3.63) is 40.1 Å². The molecule has 2 aromatic rings. The summed E-state index contributed by atoms with van der Waals surface area (Å²) in [5, 5.41) is 14.1. The molecule has 1 aromatic heterocycles. The van der Waals surface area contributed by atoms with Crippen LogP contribution in [0, 0.1) is 10.1 Å². The van der Waals surface area contributed by atoms with E-state index < -0.39 is 11.3 Å². The topological polar surface area (TPSA) is 101 Å². The summed E-state index contributed by atoms with van der Waals surface area (Å²) in [5.41, 5.74) is 0.675. The van der Waals surface area contributed by atoms with Crippen molar-refractivity contribution in [1.82, 2.24) is 14.9 Å². The average Bonchev–Trinajstić information content (AvgIpc) is 3.34. The van der Waals surface area contributed by atoms with E-state index in [2.05, 4.69) is 15.0 Å². The van der Waals surface area contributed by atoms with E-state index in [0.29, 0.717) is 24.4 Å². The predicted octanol–water partition coefficient (Wildman–Crippen LogP) is 2.78. The van der Waals surface area contributed by atoms with Crippen molar-refractivity contribution in [3.63, 3.8) is 0 Å². The van der Waals surface area contributed by atoms with Crippen molar-refractivity contribution in [3.8, 4) is 17.5 Å². The largest absolute Gasteiger partial charge is 0.573 e. The Balaban J connectivity index is 1.42. The van der Waals surface area contributed by atoms with Crippen LogP contribution in [0.5, 0.6) is 17.5 Å². The first-order valence-electron chi connectivity index (χ1n) is 8.90. The first-order valence-corrected chi connectivity index (χ1v) is 8.90. The molecule has 1 aliphatic heterocycles. The molecule has 29 heavy (non-hydrogen) atoms.